The van der Waals surface area contributed by atoms with Crippen molar-refractivity contribution in [1.29, 1.82) is 0 Å². The third kappa shape index (κ3) is 4.51. The molecule has 4 aliphatic rings. The van der Waals surface area contributed by atoms with Crippen LogP contribution in [0.25, 0.3) is 0 Å². The van der Waals surface area contributed by atoms with E-state index in [1.165, 1.54) is 4.90 Å². The molecule has 3 N–H and O–H groups in total. The average molecular weight is 471 g/mol. The summed E-state index contributed by atoms with van der Waals surface area (Å²) in [5.74, 6) is 0.236. The van der Waals surface area contributed by atoms with Gasteiger partial charge in [-0.2, -0.15) is 0 Å². The number of benzene rings is 1. The molecule has 5 rings (SSSR count). The Balaban J connectivity index is 1.11. The summed E-state index contributed by atoms with van der Waals surface area (Å²) < 4.78 is 10.8. The second kappa shape index (κ2) is 9.54. The zero-order valence-corrected chi connectivity index (χ0v) is 19.5. The van der Waals surface area contributed by atoms with Gasteiger partial charge in [-0.15, -0.1) is 0 Å². The summed E-state index contributed by atoms with van der Waals surface area (Å²) in [6, 6.07) is 8.30. The molecule has 2 aliphatic heterocycles. The van der Waals surface area contributed by atoms with E-state index in [1.807, 2.05) is 35.2 Å². The molecule has 2 heterocycles. The fraction of sp³-hybridized carbons (Fsp3) is 0.640. The summed E-state index contributed by atoms with van der Waals surface area (Å²) in [5, 5.41) is 3.11. The van der Waals surface area contributed by atoms with E-state index in [0.29, 0.717) is 5.92 Å². The highest BCUT2D eigenvalue weighted by molar-refractivity contribution is 5.86. The van der Waals surface area contributed by atoms with Crippen molar-refractivity contribution in [1.82, 2.24) is 15.1 Å². The second-order valence-electron chi connectivity index (χ2n) is 10.1. The van der Waals surface area contributed by atoms with Gasteiger partial charge in [0, 0.05) is 19.1 Å². The highest BCUT2D eigenvalue weighted by Gasteiger charge is 2.62. The van der Waals surface area contributed by atoms with Gasteiger partial charge in [0.05, 0.1) is 12.6 Å². The van der Waals surface area contributed by atoms with Crippen LogP contribution in [0.2, 0.25) is 0 Å². The Kier molecular flexibility index (Phi) is 6.48. The molecule has 2 saturated carbocycles. The summed E-state index contributed by atoms with van der Waals surface area (Å²) in [4.78, 5) is 41.6. The van der Waals surface area contributed by atoms with Crippen LogP contribution >= 0.6 is 0 Å². The highest BCUT2D eigenvalue weighted by Crippen LogP contribution is 2.63. The molecule has 1 aromatic carbocycles. The fourth-order valence-corrected chi connectivity index (χ4v) is 5.92. The SMILES string of the molecule is N[C@H](C(=O)N1CCCC1)C12CC[C@@H](NC(=O)[C@H]3COCN3C(=O)OCc3ccccc3)CC1C2. The predicted molar refractivity (Wildman–Crippen MR) is 123 cm³/mol. The van der Waals surface area contributed by atoms with Crippen LogP contribution < -0.4 is 11.1 Å². The van der Waals surface area contributed by atoms with E-state index in [9.17, 15) is 14.4 Å². The first-order valence-electron chi connectivity index (χ1n) is 12.4. The highest BCUT2D eigenvalue weighted by atomic mass is 16.6. The molecule has 9 nitrogen and oxygen atoms in total. The molecule has 34 heavy (non-hydrogen) atoms. The molecule has 4 fully saturated rings. The van der Waals surface area contributed by atoms with Crippen LogP contribution in [0.15, 0.2) is 30.3 Å². The fourth-order valence-electron chi connectivity index (χ4n) is 5.92. The molecule has 0 aromatic heterocycles. The molecule has 2 unspecified atom stereocenters. The van der Waals surface area contributed by atoms with Crippen molar-refractivity contribution in [3.63, 3.8) is 0 Å². The summed E-state index contributed by atoms with van der Waals surface area (Å²) >= 11 is 0. The molecule has 9 heteroatoms. The Morgan fingerprint density at radius 1 is 1.21 bits per heavy atom. The number of hydrogen-bond acceptors (Lipinski definition) is 6. The van der Waals surface area contributed by atoms with Crippen LogP contribution in [0.3, 0.4) is 0 Å². The largest absolute Gasteiger partial charge is 0.444 e. The molecule has 0 radical (unpaired) electrons. The Hall–Kier alpha value is -2.65. The molecule has 5 atom stereocenters. The number of nitrogens with zero attached hydrogens (tertiary/aromatic N) is 2. The maximum absolute atomic E-state index is 13.0. The van der Waals surface area contributed by atoms with Crippen molar-refractivity contribution in [2.75, 3.05) is 26.4 Å². The van der Waals surface area contributed by atoms with Gasteiger partial charge in [-0.05, 0) is 55.4 Å². The lowest BCUT2D eigenvalue weighted by atomic mass is 9.80. The molecule has 184 valence electrons. The van der Waals surface area contributed by atoms with Gasteiger partial charge in [0.25, 0.3) is 0 Å². The Labute approximate surface area is 199 Å². The van der Waals surface area contributed by atoms with Gasteiger partial charge in [-0.3, -0.25) is 14.5 Å². The molecule has 2 aliphatic carbocycles. The first-order chi connectivity index (χ1) is 16.5. The number of fused-ring (bicyclic) bond motifs is 1. The van der Waals surface area contributed by atoms with E-state index >= 15 is 0 Å². The second-order valence-corrected chi connectivity index (χ2v) is 10.1. The van der Waals surface area contributed by atoms with E-state index in [2.05, 4.69) is 5.32 Å². The molecule has 2 saturated heterocycles. The number of rotatable bonds is 6. The molecule has 0 spiro atoms. The van der Waals surface area contributed by atoms with E-state index in [1.54, 1.807) is 0 Å². The van der Waals surface area contributed by atoms with Crippen LogP contribution in [-0.2, 0) is 25.7 Å². The summed E-state index contributed by atoms with van der Waals surface area (Å²) in [6.45, 7) is 1.98. The summed E-state index contributed by atoms with van der Waals surface area (Å²) in [5.41, 5.74) is 7.24. The van der Waals surface area contributed by atoms with Crippen molar-refractivity contribution in [2.45, 2.75) is 63.3 Å². The normalized spacial score (nSPS) is 31.0. The van der Waals surface area contributed by atoms with Gasteiger partial charge >= 0.3 is 6.09 Å². The number of carbonyl (C=O) groups is 3. The van der Waals surface area contributed by atoms with E-state index < -0.39 is 18.2 Å². The first kappa shape index (κ1) is 23.1. The Morgan fingerprint density at radius 2 is 1.97 bits per heavy atom. The van der Waals surface area contributed by atoms with Crippen LogP contribution in [0.5, 0.6) is 0 Å². The lowest BCUT2D eigenvalue weighted by molar-refractivity contribution is -0.134. The van der Waals surface area contributed by atoms with Gasteiger partial charge in [0.15, 0.2) is 0 Å². The van der Waals surface area contributed by atoms with Crippen LogP contribution in [0, 0.1) is 11.3 Å². The van der Waals surface area contributed by atoms with Gasteiger partial charge in [0.2, 0.25) is 11.8 Å². The topological polar surface area (TPSA) is 114 Å². The van der Waals surface area contributed by atoms with Gasteiger partial charge < -0.3 is 25.4 Å². The third-order valence-corrected chi connectivity index (χ3v) is 8.08. The Morgan fingerprint density at radius 3 is 2.71 bits per heavy atom. The molecule has 0 bridgehead atoms. The van der Waals surface area contributed by atoms with Crippen molar-refractivity contribution < 1.29 is 23.9 Å². The lowest BCUT2D eigenvalue weighted by Gasteiger charge is -2.34. The van der Waals surface area contributed by atoms with Crippen LogP contribution in [0.1, 0.15) is 44.1 Å². The maximum Gasteiger partial charge on any atom is 0.412 e. The molecule has 3 amide bonds. The summed E-state index contributed by atoms with van der Waals surface area (Å²) in [6.07, 6.45) is 4.96. The monoisotopic (exact) mass is 470 g/mol. The number of nitrogens with one attached hydrogen (secondary N) is 1. The van der Waals surface area contributed by atoms with E-state index in [4.69, 9.17) is 15.2 Å². The summed E-state index contributed by atoms with van der Waals surface area (Å²) in [7, 11) is 0. The maximum atomic E-state index is 13.0. The number of likely N-dealkylation sites (tertiary alicyclic amines) is 1. The third-order valence-electron chi connectivity index (χ3n) is 8.08. The molecular weight excluding hydrogens is 436 g/mol. The van der Waals surface area contributed by atoms with Crippen LogP contribution in [-0.4, -0.2) is 72.3 Å². The van der Waals surface area contributed by atoms with Crippen molar-refractivity contribution in [2.24, 2.45) is 17.1 Å². The Bertz CT molecular complexity index is 921. The van der Waals surface area contributed by atoms with E-state index in [-0.39, 0.29) is 43.2 Å². The average Bonchev–Trinajstić information content (AvgIpc) is 3.22. The number of amides is 3. The van der Waals surface area contributed by atoms with Gasteiger partial charge in [-0.25, -0.2) is 4.79 Å². The standard InChI is InChI=1S/C25H34N4O5/c26-21(23(31)28-10-4-5-11-28)25-9-8-19(12-18(25)13-25)27-22(30)20-15-33-16-29(20)24(32)34-14-17-6-2-1-3-7-17/h1-3,6-7,18-21H,4-5,8-16,26H2,(H,27,30)/t18?,19-,20-,21-,25?/m1/s1. The van der Waals surface area contributed by atoms with Crippen molar-refractivity contribution in [3.05, 3.63) is 35.9 Å². The van der Waals surface area contributed by atoms with E-state index in [0.717, 1.165) is 57.2 Å². The quantitative estimate of drug-likeness (QED) is 0.653. The minimum absolute atomic E-state index is 0.0185. The minimum atomic E-state index is -0.701. The first-order valence-corrected chi connectivity index (χ1v) is 12.4. The smallest absolute Gasteiger partial charge is 0.412 e. The van der Waals surface area contributed by atoms with Crippen molar-refractivity contribution in [3.8, 4) is 0 Å². The predicted octanol–water partition coefficient (Wildman–Crippen LogP) is 1.61. The van der Waals surface area contributed by atoms with Crippen molar-refractivity contribution >= 4 is 17.9 Å². The zero-order chi connectivity index (χ0) is 23.7. The van der Waals surface area contributed by atoms with Gasteiger partial charge in [-0.1, -0.05) is 30.3 Å². The number of nitrogens with two attached hydrogens (primary N) is 1. The lowest BCUT2D eigenvalue weighted by Crippen LogP contribution is -2.53. The zero-order valence-electron chi connectivity index (χ0n) is 19.5. The molecular formula is C25H34N4O5. The van der Waals surface area contributed by atoms with Gasteiger partial charge in [0.1, 0.15) is 19.4 Å². The molecule has 1 aromatic rings. The number of hydrogen-bond donors (Lipinski definition) is 2. The minimum Gasteiger partial charge on any atom is -0.444 e. The number of ether oxygens (including phenoxy) is 2. The number of carbonyl (C=O) groups excluding carboxylic acids is 3. The van der Waals surface area contributed by atoms with Crippen LogP contribution in [0.4, 0.5) is 4.79 Å².